The van der Waals surface area contributed by atoms with Crippen LogP contribution >= 0.6 is 0 Å². The summed E-state index contributed by atoms with van der Waals surface area (Å²) in [5.74, 6) is 1.73. The highest BCUT2D eigenvalue weighted by Crippen LogP contribution is 2.65. The average molecular weight is 368 g/mol. The minimum Gasteiger partial charge on any atom is -0.488 e. The fraction of sp³-hybridized carbons (Fsp3) is 0.696. The summed E-state index contributed by atoms with van der Waals surface area (Å²) >= 11 is 0. The van der Waals surface area contributed by atoms with Crippen LogP contribution in [0, 0.1) is 5.92 Å². The molecule has 1 aromatic rings. The standard InChI is InChI=1S/C23H30NO3/c1-14(25)17-8-7-16-12-18-23(26)9-3-4-19-22(23,20(16)21(17)27-19)10-11-24(18,2)13-15-5-6-15/h7-8,15,18-19,26H,3-6,9-13H2,1-2H3/q+1/t18-,19+,22-,23?,24?/m1/s1. The van der Waals surface area contributed by atoms with Crippen LogP contribution in [0.4, 0.5) is 0 Å². The van der Waals surface area contributed by atoms with Gasteiger partial charge < -0.3 is 14.3 Å². The molecule has 5 aliphatic rings. The normalized spacial score (nSPS) is 43.8. The molecule has 144 valence electrons. The summed E-state index contributed by atoms with van der Waals surface area (Å²) < 4.78 is 7.52. The number of benzene rings is 1. The fourth-order valence-electron chi connectivity index (χ4n) is 7.44. The number of rotatable bonds is 3. The van der Waals surface area contributed by atoms with Crippen molar-refractivity contribution in [2.24, 2.45) is 5.92 Å². The molecule has 6 rings (SSSR count). The van der Waals surface area contributed by atoms with Crippen LogP contribution in [0.3, 0.4) is 0 Å². The number of quaternary nitrogens is 1. The average Bonchev–Trinajstić information content (AvgIpc) is 3.35. The van der Waals surface area contributed by atoms with Gasteiger partial charge in [-0.25, -0.2) is 0 Å². The predicted octanol–water partition coefficient (Wildman–Crippen LogP) is 2.99. The second kappa shape index (κ2) is 4.96. The molecule has 2 aliphatic heterocycles. The van der Waals surface area contributed by atoms with E-state index < -0.39 is 5.60 Å². The summed E-state index contributed by atoms with van der Waals surface area (Å²) in [6, 6.07) is 4.38. The van der Waals surface area contributed by atoms with E-state index in [4.69, 9.17) is 4.74 Å². The minimum absolute atomic E-state index is 0.0305. The van der Waals surface area contributed by atoms with E-state index in [1.54, 1.807) is 6.92 Å². The molecule has 1 N–H and O–H groups in total. The number of aliphatic hydroxyl groups is 1. The molecule has 3 fully saturated rings. The topological polar surface area (TPSA) is 46.5 Å². The van der Waals surface area contributed by atoms with Crippen molar-refractivity contribution >= 4 is 5.78 Å². The van der Waals surface area contributed by atoms with Crippen LogP contribution in [0.2, 0.25) is 0 Å². The van der Waals surface area contributed by atoms with Gasteiger partial charge in [0.05, 0.1) is 31.1 Å². The molecule has 5 atom stereocenters. The van der Waals surface area contributed by atoms with Crippen molar-refractivity contribution in [3.63, 3.8) is 0 Å². The monoisotopic (exact) mass is 368 g/mol. The molecule has 0 amide bonds. The molecule has 0 aromatic heterocycles. The molecule has 4 heteroatoms. The fourth-order valence-corrected chi connectivity index (χ4v) is 7.44. The van der Waals surface area contributed by atoms with Crippen LogP contribution in [0.1, 0.15) is 66.9 Å². The summed E-state index contributed by atoms with van der Waals surface area (Å²) in [5, 5.41) is 12.3. The Morgan fingerprint density at radius 2 is 2.11 bits per heavy atom. The highest BCUT2D eigenvalue weighted by Gasteiger charge is 2.74. The zero-order valence-corrected chi connectivity index (χ0v) is 16.5. The number of hydrogen-bond donors (Lipinski definition) is 1. The lowest BCUT2D eigenvalue weighted by Crippen LogP contribution is -2.79. The lowest BCUT2D eigenvalue weighted by molar-refractivity contribution is -0.950. The Balaban J connectivity index is 1.58. The molecule has 0 radical (unpaired) electrons. The quantitative estimate of drug-likeness (QED) is 0.659. The number of ether oxygens (including phenoxy) is 1. The molecule has 1 saturated heterocycles. The maximum atomic E-state index is 12.3. The van der Waals surface area contributed by atoms with Gasteiger partial charge in [-0.05, 0) is 50.7 Å². The van der Waals surface area contributed by atoms with Crippen LogP contribution in [0.25, 0.3) is 0 Å². The number of likely N-dealkylation sites (tertiary alicyclic amines) is 1. The molecule has 1 spiro atoms. The first-order chi connectivity index (χ1) is 12.9. The molecule has 1 aromatic carbocycles. The minimum atomic E-state index is -0.703. The van der Waals surface area contributed by atoms with Crippen LogP contribution in [0.15, 0.2) is 12.1 Å². The van der Waals surface area contributed by atoms with Crippen molar-refractivity contribution in [1.82, 2.24) is 0 Å². The van der Waals surface area contributed by atoms with Gasteiger partial charge in [0.1, 0.15) is 23.5 Å². The van der Waals surface area contributed by atoms with E-state index in [1.165, 1.54) is 30.5 Å². The lowest BCUT2D eigenvalue weighted by atomic mass is 9.48. The first-order valence-electron chi connectivity index (χ1n) is 10.8. The molecular formula is C23H30NO3+. The first kappa shape index (κ1) is 16.6. The van der Waals surface area contributed by atoms with Gasteiger partial charge in [0, 0.05) is 24.3 Å². The van der Waals surface area contributed by atoms with Crippen molar-refractivity contribution < 1.29 is 19.1 Å². The van der Waals surface area contributed by atoms with Gasteiger partial charge in [0.25, 0.3) is 0 Å². The number of hydrogen-bond acceptors (Lipinski definition) is 3. The Labute approximate surface area is 161 Å². The van der Waals surface area contributed by atoms with Crippen molar-refractivity contribution in [2.75, 3.05) is 20.1 Å². The number of likely N-dealkylation sites (N-methyl/N-ethyl adjacent to an activating group) is 1. The van der Waals surface area contributed by atoms with Crippen molar-refractivity contribution in [3.8, 4) is 5.75 Å². The summed E-state index contributed by atoms with van der Waals surface area (Å²) in [6.45, 7) is 3.96. The Kier molecular flexibility index (Phi) is 3.04. The number of nitrogens with zero attached hydrogens (tertiary/aromatic N) is 1. The zero-order valence-electron chi connectivity index (χ0n) is 16.5. The van der Waals surface area contributed by atoms with E-state index in [0.29, 0.717) is 5.56 Å². The highest BCUT2D eigenvalue weighted by atomic mass is 16.5. The number of Topliss-reactive ketones (excluding diaryl/α,β-unsaturated/α-hetero) is 1. The van der Waals surface area contributed by atoms with E-state index in [-0.39, 0.29) is 23.3 Å². The van der Waals surface area contributed by atoms with Crippen LogP contribution in [-0.2, 0) is 11.8 Å². The molecule has 2 bridgehead atoms. The van der Waals surface area contributed by atoms with E-state index in [1.807, 2.05) is 6.07 Å². The Bertz CT molecular complexity index is 861. The SMILES string of the molecule is CC(=O)c1ccc2c3c1O[C@H]1CCCC4(O)[C@@H](C2)[N+](C)(CC2CC2)CC[C@]314. The van der Waals surface area contributed by atoms with Crippen molar-refractivity contribution in [3.05, 3.63) is 28.8 Å². The number of ketones is 1. The summed E-state index contributed by atoms with van der Waals surface area (Å²) in [5.41, 5.74) is 2.24. The Hall–Kier alpha value is -1.39. The maximum absolute atomic E-state index is 12.3. The molecule has 2 unspecified atom stereocenters. The van der Waals surface area contributed by atoms with Gasteiger partial charge in [0.15, 0.2) is 5.78 Å². The zero-order chi connectivity index (χ0) is 18.6. The van der Waals surface area contributed by atoms with Gasteiger partial charge in [0.2, 0.25) is 0 Å². The van der Waals surface area contributed by atoms with Gasteiger partial charge in [-0.1, -0.05) is 6.07 Å². The smallest absolute Gasteiger partial charge is 0.163 e. The van der Waals surface area contributed by atoms with Gasteiger partial charge in [-0.2, -0.15) is 0 Å². The second-order valence-electron chi connectivity index (χ2n) is 10.2. The van der Waals surface area contributed by atoms with Gasteiger partial charge in [-0.15, -0.1) is 0 Å². The summed E-state index contributed by atoms with van der Waals surface area (Å²) in [7, 11) is 2.39. The van der Waals surface area contributed by atoms with E-state index in [0.717, 1.165) is 54.8 Å². The van der Waals surface area contributed by atoms with Crippen molar-refractivity contribution in [2.45, 2.75) is 75.0 Å². The molecule has 2 heterocycles. The number of carbonyl (C=O) groups is 1. The Morgan fingerprint density at radius 3 is 2.85 bits per heavy atom. The molecule has 2 saturated carbocycles. The molecule has 27 heavy (non-hydrogen) atoms. The maximum Gasteiger partial charge on any atom is 0.163 e. The van der Waals surface area contributed by atoms with E-state index in [9.17, 15) is 9.90 Å². The van der Waals surface area contributed by atoms with E-state index in [2.05, 4.69) is 13.1 Å². The lowest BCUT2D eigenvalue weighted by Gasteiger charge is -2.64. The number of piperidine rings is 1. The second-order valence-corrected chi connectivity index (χ2v) is 10.2. The van der Waals surface area contributed by atoms with Crippen LogP contribution in [-0.4, -0.2) is 53.3 Å². The molecule has 4 nitrogen and oxygen atoms in total. The third-order valence-corrected chi connectivity index (χ3v) is 8.78. The third kappa shape index (κ3) is 1.84. The predicted molar refractivity (Wildman–Crippen MR) is 102 cm³/mol. The first-order valence-corrected chi connectivity index (χ1v) is 10.8. The largest absolute Gasteiger partial charge is 0.488 e. The summed E-state index contributed by atoms with van der Waals surface area (Å²) in [4.78, 5) is 12.3. The van der Waals surface area contributed by atoms with Crippen molar-refractivity contribution in [1.29, 1.82) is 0 Å². The third-order valence-electron chi connectivity index (χ3n) is 8.78. The number of carbonyl (C=O) groups excluding carboxylic acids is 1. The van der Waals surface area contributed by atoms with Crippen LogP contribution < -0.4 is 4.74 Å². The Morgan fingerprint density at radius 1 is 1.30 bits per heavy atom. The summed E-state index contributed by atoms with van der Waals surface area (Å²) in [6.07, 6.45) is 7.53. The van der Waals surface area contributed by atoms with Crippen LogP contribution in [0.5, 0.6) is 5.75 Å². The van der Waals surface area contributed by atoms with Gasteiger partial charge >= 0.3 is 0 Å². The highest BCUT2D eigenvalue weighted by molar-refractivity contribution is 5.98. The van der Waals surface area contributed by atoms with Gasteiger partial charge in [-0.3, -0.25) is 4.79 Å². The molecule has 3 aliphatic carbocycles. The van der Waals surface area contributed by atoms with E-state index >= 15 is 0 Å². The molecular weight excluding hydrogens is 338 g/mol.